The molecule has 26 heavy (non-hydrogen) atoms. The van der Waals surface area contributed by atoms with Crippen LogP contribution in [0.15, 0.2) is 29.2 Å². The number of piperidine rings is 1. The summed E-state index contributed by atoms with van der Waals surface area (Å²) in [6.07, 6.45) is 4.22. The SMILES string of the molecule is CCC1CCCCN1C(=O)c1ccc(S(=O)(=O)N2CCN(C)CC2)cc1. The molecule has 1 aromatic carbocycles. The van der Waals surface area contributed by atoms with E-state index in [0.717, 1.165) is 38.9 Å². The van der Waals surface area contributed by atoms with Crippen LogP contribution in [0.2, 0.25) is 0 Å². The summed E-state index contributed by atoms with van der Waals surface area (Å²) in [5.74, 6) is 0.0140. The fraction of sp³-hybridized carbons (Fsp3) is 0.632. The molecular weight excluding hydrogens is 350 g/mol. The van der Waals surface area contributed by atoms with Gasteiger partial charge in [-0.3, -0.25) is 4.79 Å². The van der Waals surface area contributed by atoms with Gasteiger partial charge in [0.2, 0.25) is 10.0 Å². The zero-order valence-corrected chi connectivity index (χ0v) is 16.5. The number of carbonyl (C=O) groups is 1. The van der Waals surface area contributed by atoms with Gasteiger partial charge in [-0.15, -0.1) is 0 Å². The van der Waals surface area contributed by atoms with E-state index in [0.29, 0.717) is 24.7 Å². The summed E-state index contributed by atoms with van der Waals surface area (Å²) in [5.41, 5.74) is 0.572. The summed E-state index contributed by atoms with van der Waals surface area (Å²) < 4.78 is 27.1. The first-order chi connectivity index (χ1) is 12.4. The molecular formula is C19H29N3O3S. The van der Waals surface area contributed by atoms with E-state index in [2.05, 4.69) is 11.8 Å². The number of likely N-dealkylation sites (N-methyl/N-ethyl adjacent to an activating group) is 1. The number of amides is 1. The molecule has 2 heterocycles. The van der Waals surface area contributed by atoms with Crippen molar-refractivity contribution in [1.29, 1.82) is 0 Å². The number of hydrogen-bond donors (Lipinski definition) is 0. The lowest BCUT2D eigenvalue weighted by Crippen LogP contribution is -2.47. The van der Waals surface area contributed by atoms with Crippen LogP contribution in [0.3, 0.4) is 0 Å². The lowest BCUT2D eigenvalue weighted by molar-refractivity contribution is 0.0608. The average molecular weight is 380 g/mol. The van der Waals surface area contributed by atoms with E-state index >= 15 is 0 Å². The third-order valence-corrected chi connectivity index (χ3v) is 7.47. The molecule has 0 saturated carbocycles. The summed E-state index contributed by atoms with van der Waals surface area (Å²) in [5, 5.41) is 0. The molecule has 1 atom stereocenters. The van der Waals surface area contributed by atoms with Crippen LogP contribution in [0.25, 0.3) is 0 Å². The molecule has 6 nitrogen and oxygen atoms in total. The summed E-state index contributed by atoms with van der Waals surface area (Å²) in [6, 6.07) is 6.77. The molecule has 0 radical (unpaired) electrons. The maximum absolute atomic E-state index is 12.8. The normalized spacial score (nSPS) is 23.2. The van der Waals surface area contributed by atoms with Crippen molar-refractivity contribution in [2.45, 2.75) is 43.5 Å². The highest BCUT2D eigenvalue weighted by Gasteiger charge is 2.29. The minimum absolute atomic E-state index is 0.0140. The molecule has 3 rings (SSSR count). The molecule has 2 aliphatic heterocycles. The number of benzene rings is 1. The van der Waals surface area contributed by atoms with Crippen molar-refractivity contribution < 1.29 is 13.2 Å². The number of piperazine rings is 1. The monoisotopic (exact) mass is 379 g/mol. The molecule has 0 aliphatic carbocycles. The van der Waals surface area contributed by atoms with E-state index in [9.17, 15) is 13.2 Å². The Bertz CT molecular complexity index is 725. The lowest BCUT2D eigenvalue weighted by atomic mass is 9.99. The lowest BCUT2D eigenvalue weighted by Gasteiger charge is -2.35. The molecule has 144 valence electrons. The maximum Gasteiger partial charge on any atom is 0.254 e. The molecule has 0 aromatic heterocycles. The van der Waals surface area contributed by atoms with Crippen LogP contribution in [0, 0.1) is 0 Å². The van der Waals surface area contributed by atoms with Gasteiger partial charge in [0.15, 0.2) is 0 Å². The third kappa shape index (κ3) is 3.94. The Labute approximate surface area is 156 Å². The molecule has 2 saturated heterocycles. The summed E-state index contributed by atoms with van der Waals surface area (Å²) >= 11 is 0. The van der Waals surface area contributed by atoms with Crippen molar-refractivity contribution in [3.63, 3.8) is 0 Å². The number of likely N-dealkylation sites (tertiary alicyclic amines) is 1. The second-order valence-corrected chi connectivity index (χ2v) is 9.23. The van der Waals surface area contributed by atoms with Gasteiger partial charge in [0.1, 0.15) is 0 Å². The van der Waals surface area contributed by atoms with E-state index < -0.39 is 10.0 Å². The quantitative estimate of drug-likeness (QED) is 0.803. The van der Waals surface area contributed by atoms with Crippen molar-refractivity contribution >= 4 is 15.9 Å². The van der Waals surface area contributed by atoms with Gasteiger partial charge in [-0.1, -0.05) is 6.92 Å². The van der Waals surface area contributed by atoms with Crippen LogP contribution in [-0.2, 0) is 10.0 Å². The van der Waals surface area contributed by atoms with E-state index in [1.165, 1.54) is 10.7 Å². The molecule has 1 aromatic rings. The molecule has 2 aliphatic rings. The highest BCUT2D eigenvalue weighted by molar-refractivity contribution is 7.89. The van der Waals surface area contributed by atoms with Crippen molar-refractivity contribution in [1.82, 2.24) is 14.1 Å². The van der Waals surface area contributed by atoms with Crippen LogP contribution in [0.1, 0.15) is 43.0 Å². The molecule has 7 heteroatoms. The number of sulfonamides is 1. The predicted molar refractivity (Wildman–Crippen MR) is 102 cm³/mol. The standard InChI is InChI=1S/C19H29N3O3S/c1-3-17-6-4-5-11-22(17)19(23)16-7-9-18(10-8-16)26(24,25)21-14-12-20(2)13-15-21/h7-10,17H,3-6,11-15H2,1-2H3. The van der Waals surface area contributed by atoms with Gasteiger partial charge in [0.05, 0.1) is 4.90 Å². The molecule has 0 bridgehead atoms. The predicted octanol–water partition coefficient (Wildman–Crippen LogP) is 2.03. The Morgan fingerprint density at radius 2 is 1.69 bits per heavy atom. The highest BCUT2D eigenvalue weighted by atomic mass is 32.2. The maximum atomic E-state index is 12.8. The van der Waals surface area contributed by atoms with Gasteiger partial charge in [-0.05, 0) is 57.0 Å². The van der Waals surface area contributed by atoms with Crippen LogP contribution in [0.4, 0.5) is 0 Å². The van der Waals surface area contributed by atoms with E-state index in [1.807, 2.05) is 11.9 Å². The Morgan fingerprint density at radius 3 is 2.31 bits per heavy atom. The third-order valence-electron chi connectivity index (χ3n) is 5.56. The first-order valence-electron chi connectivity index (χ1n) is 9.53. The number of nitrogens with zero attached hydrogens (tertiary/aromatic N) is 3. The Balaban J connectivity index is 1.74. The molecule has 0 spiro atoms. The van der Waals surface area contributed by atoms with E-state index in [1.54, 1.807) is 24.3 Å². The van der Waals surface area contributed by atoms with Crippen molar-refractivity contribution in [3.8, 4) is 0 Å². The highest BCUT2D eigenvalue weighted by Crippen LogP contribution is 2.23. The first kappa shape index (κ1) is 19.3. The second kappa shape index (κ2) is 8.06. The van der Waals surface area contributed by atoms with Gasteiger partial charge < -0.3 is 9.80 Å². The van der Waals surface area contributed by atoms with Crippen LogP contribution < -0.4 is 0 Å². The molecule has 2 fully saturated rings. The van der Waals surface area contributed by atoms with Gasteiger partial charge in [0.25, 0.3) is 5.91 Å². The van der Waals surface area contributed by atoms with Crippen LogP contribution in [-0.4, -0.2) is 74.2 Å². The summed E-state index contributed by atoms with van der Waals surface area (Å²) in [6.45, 7) is 5.39. The van der Waals surface area contributed by atoms with Gasteiger partial charge in [0, 0.05) is 44.3 Å². The molecule has 0 N–H and O–H groups in total. The average Bonchev–Trinajstić information content (AvgIpc) is 2.68. The molecule has 1 amide bonds. The summed E-state index contributed by atoms with van der Waals surface area (Å²) in [7, 11) is -1.49. The smallest absolute Gasteiger partial charge is 0.254 e. The fourth-order valence-corrected chi connectivity index (χ4v) is 5.23. The number of rotatable bonds is 4. The minimum atomic E-state index is -3.49. The topological polar surface area (TPSA) is 60.9 Å². The van der Waals surface area contributed by atoms with Gasteiger partial charge in [-0.2, -0.15) is 4.31 Å². The van der Waals surface area contributed by atoms with Crippen molar-refractivity contribution in [3.05, 3.63) is 29.8 Å². The second-order valence-electron chi connectivity index (χ2n) is 7.29. The first-order valence-corrected chi connectivity index (χ1v) is 11.0. The number of hydrogen-bond acceptors (Lipinski definition) is 4. The molecule has 1 unspecified atom stereocenters. The zero-order chi connectivity index (χ0) is 18.7. The van der Waals surface area contributed by atoms with Gasteiger partial charge >= 0.3 is 0 Å². The van der Waals surface area contributed by atoms with Crippen molar-refractivity contribution in [2.75, 3.05) is 39.8 Å². The van der Waals surface area contributed by atoms with Crippen molar-refractivity contribution in [2.24, 2.45) is 0 Å². The Kier molecular flexibility index (Phi) is 5.99. The Hall–Kier alpha value is -1.44. The van der Waals surface area contributed by atoms with Crippen LogP contribution >= 0.6 is 0 Å². The fourth-order valence-electron chi connectivity index (χ4n) is 3.81. The zero-order valence-electron chi connectivity index (χ0n) is 15.7. The van der Waals surface area contributed by atoms with E-state index in [-0.39, 0.29) is 10.8 Å². The van der Waals surface area contributed by atoms with E-state index in [4.69, 9.17) is 0 Å². The minimum Gasteiger partial charge on any atom is -0.336 e. The van der Waals surface area contributed by atoms with Gasteiger partial charge in [-0.25, -0.2) is 8.42 Å². The summed E-state index contributed by atoms with van der Waals surface area (Å²) in [4.78, 5) is 17.2. The largest absolute Gasteiger partial charge is 0.336 e. The Morgan fingerprint density at radius 1 is 1.04 bits per heavy atom. The number of carbonyl (C=O) groups excluding carboxylic acids is 1. The van der Waals surface area contributed by atoms with Crippen LogP contribution in [0.5, 0.6) is 0 Å².